The lowest BCUT2D eigenvalue weighted by molar-refractivity contribution is -0.123. The standard InChI is InChI=1S/C14H18ClNO/c1-10-3-4-12(15)9-13(10)14(11(2)17)5-7-16-8-6-14/h3-4,9,16H,5-8H2,1-2H3. The summed E-state index contributed by atoms with van der Waals surface area (Å²) in [6.07, 6.45) is 1.73. The van der Waals surface area contributed by atoms with Gasteiger partial charge in [-0.3, -0.25) is 4.79 Å². The number of benzene rings is 1. The van der Waals surface area contributed by atoms with Crippen molar-refractivity contribution in [1.29, 1.82) is 0 Å². The molecule has 2 rings (SSSR count). The maximum Gasteiger partial charge on any atom is 0.140 e. The molecule has 1 aromatic rings. The quantitative estimate of drug-likeness (QED) is 0.876. The van der Waals surface area contributed by atoms with E-state index in [1.807, 2.05) is 18.2 Å². The normalized spacial score (nSPS) is 19.0. The third-order valence-corrected chi connectivity index (χ3v) is 4.08. The van der Waals surface area contributed by atoms with E-state index < -0.39 is 0 Å². The van der Waals surface area contributed by atoms with Crippen LogP contribution >= 0.6 is 11.6 Å². The molecule has 1 fully saturated rings. The Labute approximate surface area is 107 Å². The molecule has 0 bridgehead atoms. The van der Waals surface area contributed by atoms with Crippen LogP contribution in [0.2, 0.25) is 5.02 Å². The molecule has 0 saturated carbocycles. The number of aryl methyl sites for hydroxylation is 1. The van der Waals surface area contributed by atoms with Crippen molar-refractivity contribution in [2.75, 3.05) is 13.1 Å². The van der Waals surface area contributed by atoms with Gasteiger partial charge in [0.25, 0.3) is 0 Å². The molecular formula is C14H18ClNO. The maximum absolute atomic E-state index is 12.1. The lowest BCUT2D eigenvalue weighted by Crippen LogP contribution is -2.45. The summed E-state index contributed by atoms with van der Waals surface area (Å²) in [5, 5.41) is 4.03. The molecule has 0 unspecified atom stereocenters. The largest absolute Gasteiger partial charge is 0.317 e. The molecule has 17 heavy (non-hydrogen) atoms. The molecule has 0 radical (unpaired) electrons. The van der Waals surface area contributed by atoms with Gasteiger partial charge in [0.1, 0.15) is 5.78 Å². The van der Waals surface area contributed by atoms with E-state index in [2.05, 4.69) is 12.2 Å². The molecule has 1 saturated heterocycles. The van der Waals surface area contributed by atoms with E-state index in [0.29, 0.717) is 5.02 Å². The van der Waals surface area contributed by atoms with Crippen molar-refractivity contribution in [2.45, 2.75) is 32.1 Å². The molecule has 0 atom stereocenters. The van der Waals surface area contributed by atoms with Crippen molar-refractivity contribution < 1.29 is 4.79 Å². The van der Waals surface area contributed by atoms with Gasteiger partial charge in [-0.1, -0.05) is 17.7 Å². The van der Waals surface area contributed by atoms with Gasteiger partial charge in [0.2, 0.25) is 0 Å². The average Bonchev–Trinajstić information content (AvgIpc) is 2.33. The van der Waals surface area contributed by atoms with Crippen LogP contribution in [0.1, 0.15) is 30.9 Å². The van der Waals surface area contributed by atoms with E-state index in [0.717, 1.165) is 37.1 Å². The lowest BCUT2D eigenvalue weighted by atomic mass is 9.69. The zero-order valence-electron chi connectivity index (χ0n) is 10.3. The minimum absolute atomic E-state index is 0.254. The van der Waals surface area contributed by atoms with Crippen molar-refractivity contribution in [2.24, 2.45) is 0 Å². The van der Waals surface area contributed by atoms with Crippen LogP contribution in [0.3, 0.4) is 0 Å². The van der Waals surface area contributed by atoms with Crippen LogP contribution in [0, 0.1) is 6.92 Å². The topological polar surface area (TPSA) is 29.1 Å². The summed E-state index contributed by atoms with van der Waals surface area (Å²) < 4.78 is 0. The van der Waals surface area contributed by atoms with Crippen LogP contribution in [0.5, 0.6) is 0 Å². The first kappa shape index (κ1) is 12.6. The number of halogens is 1. The molecule has 2 nitrogen and oxygen atoms in total. The zero-order valence-corrected chi connectivity index (χ0v) is 11.1. The van der Waals surface area contributed by atoms with Gasteiger partial charge < -0.3 is 5.32 Å². The van der Waals surface area contributed by atoms with Crippen LogP contribution in [-0.4, -0.2) is 18.9 Å². The molecule has 1 aromatic carbocycles. The lowest BCUT2D eigenvalue weighted by Gasteiger charge is -2.37. The number of piperidine rings is 1. The smallest absolute Gasteiger partial charge is 0.140 e. The molecule has 0 aliphatic carbocycles. The number of ketones is 1. The molecule has 0 spiro atoms. The average molecular weight is 252 g/mol. The summed E-state index contributed by atoms with van der Waals surface area (Å²) in [5.74, 6) is 0.254. The van der Waals surface area contributed by atoms with Crippen LogP contribution in [0.25, 0.3) is 0 Å². The van der Waals surface area contributed by atoms with E-state index in [-0.39, 0.29) is 11.2 Å². The number of carbonyl (C=O) groups is 1. The minimum atomic E-state index is -0.333. The van der Waals surface area contributed by atoms with Gasteiger partial charge in [-0.15, -0.1) is 0 Å². The van der Waals surface area contributed by atoms with E-state index in [1.54, 1.807) is 6.92 Å². The molecule has 1 N–H and O–H groups in total. The Morgan fingerprint density at radius 2 is 2.00 bits per heavy atom. The number of hydrogen-bond acceptors (Lipinski definition) is 2. The third kappa shape index (κ3) is 2.24. The first-order valence-electron chi connectivity index (χ1n) is 6.05. The van der Waals surface area contributed by atoms with Crippen molar-refractivity contribution >= 4 is 17.4 Å². The van der Waals surface area contributed by atoms with Crippen LogP contribution in [0.4, 0.5) is 0 Å². The fraction of sp³-hybridized carbons (Fsp3) is 0.500. The second-order valence-electron chi connectivity index (χ2n) is 4.85. The Morgan fingerprint density at radius 3 is 2.59 bits per heavy atom. The SMILES string of the molecule is CC(=O)C1(c2cc(Cl)ccc2C)CCNCC1. The fourth-order valence-electron chi connectivity index (χ4n) is 2.77. The van der Waals surface area contributed by atoms with Gasteiger partial charge in [-0.25, -0.2) is 0 Å². The zero-order chi connectivity index (χ0) is 12.5. The first-order valence-corrected chi connectivity index (χ1v) is 6.42. The molecule has 92 valence electrons. The van der Waals surface area contributed by atoms with Gasteiger partial charge in [0, 0.05) is 5.02 Å². The molecule has 0 aromatic heterocycles. The van der Waals surface area contributed by atoms with Crippen LogP contribution in [-0.2, 0) is 10.2 Å². The Morgan fingerprint density at radius 1 is 1.35 bits per heavy atom. The van der Waals surface area contributed by atoms with Crippen molar-refractivity contribution in [1.82, 2.24) is 5.32 Å². The first-order chi connectivity index (χ1) is 8.06. The van der Waals surface area contributed by atoms with E-state index in [9.17, 15) is 4.79 Å². The molecule has 1 aliphatic heterocycles. The number of Topliss-reactive ketones (excluding diaryl/α,β-unsaturated/α-hetero) is 1. The molecule has 3 heteroatoms. The van der Waals surface area contributed by atoms with Gasteiger partial charge in [-0.2, -0.15) is 0 Å². The van der Waals surface area contributed by atoms with Crippen molar-refractivity contribution in [3.8, 4) is 0 Å². The third-order valence-electron chi connectivity index (χ3n) is 3.85. The van der Waals surface area contributed by atoms with Gasteiger partial charge in [-0.05, 0) is 63.0 Å². The molecule has 1 heterocycles. The Bertz CT molecular complexity index is 436. The predicted molar refractivity (Wildman–Crippen MR) is 70.7 cm³/mol. The fourth-order valence-corrected chi connectivity index (χ4v) is 2.95. The van der Waals surface area contributed by atoms with Crippen molar-refractivity contribution in [3.05, 3.63) is 34.3 Å². The van der Waals surface area contributed by atoms with E-state index in [1.165, 1.54) is 0 Å². The number of carbonyl (C=O) groups excluding carboxylic acids is 1. The Kier molecular flexibility index (Phi) is 3.55. The number of rotatable bonds is 2. The highest BCUT2D eigenvalue weighted by molar-refractivity contribution is 6.30. The van der Waals surface area contributed by atoms with E-state index >= 15 is 0 Å². The monoisotopic (exact) mass is 251 g/mol. The second kappa shape index (κ2) is 4.79. The summed E-state index contributed by atoms with van der Waals surface area (Å²) >= 11 is 6.08. The van der Waals surface area contributed by atoms with Crippen LogP contribution < -0.4 is 5.32 Å². The summed E-state index contributed by atoms with van der Waals surface area (Å²) in [6, 6.07) is 5.85. The highest BCUT2D eigenvalue weighted by Gasteiger charge is 2.39. The summed E-state index contributed by atoms with van der Waals surface area (Å²) in [5.41, 5.74) is 1.94. The summed E-state index contributed by atoms with van der Waals surface area (Å²) in [4.78, 5) is 12.1. The summed E-state index contributed by atoms with van der Waals surface area (Å²) in [6.45, 7) is 5.54. The Balaban J connectivity index is 2.52. The summed E-state index contributed by atoms with van der Waals surface area (Å²) in [7, 11) is 0. The molecular weight excluding hydrogens is 234 g/mol. The van der Waals surface area contributed by atoms with Crippen LogP contribution in [0.15, 0.2) is 18.2 Å². The highest BCUT2D eigenvalue weighted by Crippen LogP contribution is 2.37. The Hall–Kier alpha value is -0.860. The van der Waals surface area contributed by atoms with E-state index in [4.69, 9.17) is 11.6 Å². The number of hydrogen-bond donors (Lipinski definition) is 1. The van der Waals surface area contributed by atoms with Gasteiger partial charge in [0.05, 0.1) is 5.41 Å². The van der Waals surface area contributed by atoms with Gasteiger partial charge >= 0.3 is 0 Å². The van der Waals surface area contributed by atoms with Gasteiger partial charge in [0.15, 0.2) is 0 Å². The molecule has 0 amide bonds. The minimum Gasteiger partial charge on any atom is -0.317 e. The molecule has 1 aliphatic rings. The maximum atomic E-state index is 12.1. The number of nitrogens with one attached hydrogen (secondary N) is 1. The van der Waals surface area contributed by atoms with Crippen molar-refractivity contribution in [3.63, 3.8) is 0 Å². The highest BCUT2D eigenvalue weighted by atomic mass is 35.5. The second-order valence-corrected chi connectivity index (χ2v) is 5.28. The predicted octanol–water partition coefficient (Wildman–Crippen LogP) is 2.86.